The largest absolute Gasteiger partial charge is 0.336 e. The lowest BCUT2D eigenvalue weighted by atomic mass is 10.2. The average molecular weight is 424 g/mol. The maximum Gasteiger partial charge on any atom is 0.272 e. The first-order chi connectivity index (χ1) is 12.9. The molecule has 3 rings (SSSR count). The topological polar surface area (TPSA) is 38.1 Å². The molecule has 3 aromatic rings. The predicted molar refractivity (Wildman–Crippen MR) is 108 cm³/mol. The highest BCUT2D eigenvalue weighted by molar-refractivity contribution is 7.98. The van der Waals surface area contributed by atoms with E-state index in [9.17, 15) is 9.18 Å². The third-order valence-corrected chi connectivity index (χ3v) is 5.36. The van der Waals surface area contributed by atoms with Gasteiger partial charge >= 0.3 is 0 Å². The molecule has 0 spiro atoms. The van der Waals surface area contributed by atoms with Gasteiger partial charge in [-0.15, -0.1) is 0 Å². The molecule has 27 heavy (non-hydrogen) atoms. The lowest BCUT2D eigenvalue weighted by Gasteiger charge is -2.19. The maximum absolute atomic E-state index is 13.3. The third kappa shape index (κ3) is 4.29. The molecule has 1 heterocycles. The third-order valence-electron chi connectivity index (χ3n) is 3.97. The minimum absolute atomic E-state index is 0.210. The summed E-state index contributed by atoms with van der Waals surface area (Å²) in [5.41, 5.74) is 1.93. The minimum Gasteiger partial charge on any atom is -0.336 e. The lowest BCUT2D eigenvalue weighted by molar-refractivity contribution is 0.0776. The number of rotatable bonds is 5. The molecule has 0 saturated carbocycles. The van der Waals surface area contributed by atoms with Crippen LogP contribution in [-0.4, -0.2) is 33.7 Å². The van der Waals surface area contributed by atoms with Gasteiger partial charge in [0.15, 0.2) is 5.16 Å². The van der Waals surface area contributed by atoms with Crippen molar-refractivity contribution in [2.45, 2.75) is 11.7 Å². The molecular weight excluding hydrogens is 408 g/mol. The Bertz CT molecular complexity index is 976. The van der Waals surface area contributed by atoms with E-state index in [-0.39, 0.29) is 11.7 Å². The fourth-order valence-electron chi connectivity index (χ4n) is 2.65. The van der Waals surface area contributed by atoms with Crippen LogP contribution in [0.15, 0.2) is 53.8 Å². The summed E-state index contributed by atoms with van der Waals surface area (Å²) in [6, 6.07) is 11.2. The molecule has 4 nitrogen and oxygen atoms in total. The summed E-state index contributed by atoms with van der Waals surface area (Å²) in [5, 5.41) is 1.55. The second-order valence-corrected chi connectivity index (χ2v) is 7.44. The van der Waals surface area contributed by atoms with Gasteiger partial charge in [-0.25, -0.2) is 9.37 Å². The highest BCUT2D eigenvalue weighted by atomic mass is 35.5. The molecule has 0 saturated heterocycles. The van der Waals surface area contributed by atoms with Crippen molar-refractivity contribution in [1.29, 1.82) is 0 Å². The van der Waals surface area contributed by atoms with E-state index in [1.54, 1.807) is 40.8 Å². The molecule has 0 atom stereocenters. The molecule has 0 bridgehead atoms. The zero-order valence-electron chi connectivity index (χ0n) is 14.6. The number of nitrogens with zero attached hydrogens (tertiary/aromatic N) is 3. The summed E-state index contributed by atoms with van der Waals surface area (Å²) < 4.78 is 15.0. The minimum atomic E-state index is -0.339. The number of carbonyl (C=O) groups excluding carboxylic acids is 1. The summed E-state index contributed by atoms with van der Waals surface area (Å²) in [5.74, 6) is -0.549. The van der Waals surface area contributed by atoms with Gasteiger partial charge in [-0.2, -0.15) is 0 Å². The van der Waals surface area contributed by atoms with Crippen molar-refractivity contribution in [1.82, 2.24) is 14.5 Å². The molecule has 0 fully saturated rings. The molecule has 2 aromatic carbocycles. The SMILES string of the molecule is CSc1ncc(C(=O)N(C)Cc2ccc(Cl)c(Cl)c2)n1-c1ccc(F)cc1. The Balaban J connectivity index is 1.91. The van der Waals surface area contributed by atoms with E-state index in [2.05, 4.69) is 4.98 Å². The quantitative estimate of drug-likeness (QED) is 0.521. The van der Waals surface area contributed by atoms with Crippen LogP contribution in [0.2, 0.25) is 10.0 Å². The van der Waals surface area contributed by atoms with Crippen molar-refractivity contribution >= 4 is 40.9 Å². The van der Waals surface area contributed by atoms with Crippen molar-refractivity contribution in [2.24, 2.45) is 0 Å². The van der Waals surface area contributed by atoms with Crippen LogP contribution in [0, 0.1) is 5.82 Å². The van der Waals surface area contributed by atoms with E-state index in [0.717, 1.165) is 5.56 Å². The molecule has 0 unspecified atom stereocenters. The normalized spacial score (nSPS) is 10.9. The summed E-state index contributed by atoms with van der Waals surface area (Å²) >= 11 is 13.4. The molecule has 1 amide bonds. The predicted octanol–water partition coefficient (Wildman–Crippen LogP) is 5.31. The van der Waals surface area contributed by atoms with Crippen molar-refractivity contribution < 1.29 is 9.18 Å². The molecule has 0 N–H and O–H groups in total. The second-order valence-electron chi connectivity index (χ2n) is 5.85. The van der Waals surface area contributed by atoms with Gasteiger partial charge in [0.2, 0.25) is 0 Å². The lowest BCUT2D eigenvalue weighted by Crippen LogP contribution is -2.28. The van der Waals surface area contributed by atoms with Crippen molar-refractivity contribution in [3.63, 3.8) is 0 Å². The highest BCUT2D eigenvalue weighted by Crippen LogP contribution is 2.25. The van der Waals surface area contributed by atoms with E-state index in [4.69, 9.17) is 23.2 Å². The monoisotopic (exact) mass is 423 g/mol. The molecule has 0 aliphatic carbocycles. The summed E-state index contributed by atoms with van der Waals surface area (Å²) in [7, 11) is 1.70. The first-order valence-electron chi connectivity index (χ1n) is 7.97. The highest BCUT2D eigenvalue weighted by Gasteiger charge is 2.21. The number of hydrogen-bond donors (Lipinski definition) is 0. The molecule has 8 heteroatoms. The van der Waals surface area contributed by atoms with Gasteiger partial charge in [-0.1, -0.05) is 41.0 Å². The summed E-state index contributed by atoms with van der Waals surface area (Å²) in [4.78, 5) is 18.9. The van der Waals surface area contributed by atoms with E-state index in [1.807, 2.05) is 12.3 Å². The number of hydrogen-bond acceptors (Lipinski definition) is 3. The molecular formula is C19H16Cl2FN3OS. The van der Waals surface area contributed by atoms with Gasteiger partial charge in [-0.3, -0.25) is 9.36 Å². The van der Waals surface area contributed by atoms with Gasteiger partial charge < -0.3 is 4.90 Å². The van der Waals surface area contributed by atoms with Crippen LogP contribution in [0.25, 0.3) is 5.69 Å². The second kappa shape index (κ2) is 8.33. The van der Waals surface area contributed by atoms with E-state index < -0.39 is 0 Å². The van der Waals surface area contributed by atoms with Crippen LogP contribution in [0.3, 0.4) is 0 Å². The van der Waals surface area contributed by atoms with Gasteiger partial charge in [0, 0.05) is 19.3 Å². The Morgan fingerprint density at radius 2 is 1.89 bits per heavy atom. The zero-order valence-corrected chi connectivity index (χ0v) is 16.9. The average Bonchev–Trinajstić information content (AvgIpc) is 3.08. The van der Waals surface area contributed by atoms with Gasteiger partial charge in [-0.05, 0) is 48.2 Å². The smallest absolute Gasteiger partial charge is 0.272 e. The van der Waals surface area contributed by atoms with E-state index in [0.29, 0.717) is 33.1 Å². The van der Waals surface area contributed by atoms with Crippen molar-refractivity contribution in [3.05, 3.63) is 75.8 Å². The van der Waals surface area contributed by atoms with Crippen LogP contribution in [0.5, 0.6) is 0 Å². The molecule has 0 aliphatic heterocycles. The van der Waals surface area contributed by atoms with Crippen LogP contribution in [-0.2, 0) is 6.54 Å². The zero-order chi connectivity index (χ0) is 19.6. The molecule has 140 valence electrons. The number of carbonyl (C=O) groups is 1. The van der Waals surface area contributed by atoms with E-state index in [1.165, 1.54) is 30.1 Å². The molecule has 1 aromatic heterocycles. The number of imidazole rings is 1. The van der Waals surface area contributed by atoms with Crippen LogP contribution < -0.4 is 0 Å². The maximum atomic E-state index is 13.3. The Hall–Kier alpha value is -2.02. The first-order valence-corrected chi connectivity index (χ1v) is 9.96. The van der Waals surface area contributed by atoms with E-state index >= 15 is 0 Å². The number of thioether (sulfide) groups is 1. The number of benzene rings is 2. The molecule has 0 radical (unpaired) electrons. The number of halogens is 3. The van der Waals surface area contributed by atoms with Crippen LogP contribution in [0.4, 0.5) is 4.39 Å². The van der Waals surface area contributed by atoms with Crippen molar-refractivity contribution in [3.8, 4) is 5.69 Å². The molecule has 0 aliphatic rings. The fraction of sp³-hybridized carbons (Fsp3) is 0.158. The Morgan fingerprint density at radius 3 is 2.52 bits per heavy atom. The van der Waals surface area contributed by atoms with Gasteiger partial charge in [0.1, 0.15) is 11.5 Å². The Labute approximate surface area is 170 Å². The standard InChI is InChI=1S/C19H16Cl2FN3OS/c1-24(11-12-3-8-15(20)16(21)9-12)18(26)17-10-23-19(27-2)25(17)14-6-4-13(22)5-7-14/h3-10H,11H2,1-2H3. The summed E-state index contributed by atoms with van der Waals surface area (Å²) in [6.07, 6.45) is 3.40. The van der Waals surface area contributed by atoms with Gasteiger partial charge in [0.25, 0.3) is 5.91 Å². The van der Waals surface area contributed by atoms with Crippen LogP contribution >= 0.6 is 35.0 Å². The van der Waals surface area contributed by atoms with Crippen molar-refractivity contribution in [2.75, 3.05) is 13.3 Å². The summed E-state index contributed by atoms with van der Waals surface area (Å²) in [6.45, 7) is 0.360. The van der Waals surface area contributed by atoms with Crippen LogP contribution in [0.1, 0.15) is 16.1 Å². The number of aromatic nitrogens is 2. The fourth-order valence-corrected chi connectivity index (χ4v) is 3.51. The van der Waals surface area contributed by atoms with Gasteiger partial charge in [0.05, 0.1) is 16.2 Å². The Kier molecular flexibility index (Phi) is 6.09. The first kappa shape index (κ1) is 19.7. The number of amides is 1. The Morgan fingerprint density at radius 1 is 1.19 bits per heavy atom.